The number of nitrogens with zero attached hydrogens (tertiary/aromatic N) is 4. The summed E-state index contributed by atoms with van der Waals surface area (Å²) < 4.78 is 20.4. The van der Waals surface area contributed by atoms with Crippen molar-refractivity contribution in [2.75, 3.05) is 59.7 Å². The molecule has 302 valence electrons. The maximum atomic E-state index is 14.2. The zero-order chi connectivity index (χ0) is 39.7. The molecule has 1 amide bonds. The van der Waals surface area contributed by atoms with Gasteiger partial charge in [-0.15, -0.1) is 6.58 Å². The molecule has 2 fully saturated rings. The Hall–Kier alpha value is -4.56. The normalized spacial score (nSPS) is 25.8. The molecule has 2 aromatic rings. The number of carbonyl (C=O) groups is 1. The molecule has 4 aliphatic rings. The van der Waals surface area contributed by atoms with Crippen LogP contribution < -0.4 is 9.47 Å². The summed E-state index contributed by atoms with van der Waals surface area (Å²) in [4.78, 5) is 34.7. The van der Waals surface area contributed by atoms with E-state index >= 15 is 0 Å². The second kappa shape index (κ2) is 19.1. The molecule has 2 aliphatic heterocycles. The van der Waals surface area contributed by atoms with Crippen LogP contribution in [0.25, 0.3) is 6.08 Å². The van der Waals surface area contributed by atoms with Crippen LogP contribution >= 0.6 is 0 Å². The summed E-state index contributed by atoms with van der Waals surface area (Å²) in [5.74, 6) is -0.583. The lowest BCUT2D eigenvalue weighted by Crippen LogP contribution is -2.69. The number of likely N-dealkylation sites (N-methyl/N-ethyl adjacent to an activating group) is 1. The molecule has 6 atom stereocenters. The molecular formula is C43H56N4O9. The highest BCUT2D eigenvalue weighted by atomic mass is 16.7. The van der Waals surface area contributed by atoms with Crippen LogP contribution in [0.4, 0.5) is 5.69 Å². The summed E-state index contributed by atoms with van der Waals surface area (Å²) in [6.45, 7) is 10.2. The highest BCUT2D eigenvalue weighted by molar-refractivity contribution is 6.03. The Morgan fingerprint density at radius 3 is 2.55 bits per heavy atom. The molecule has 56 heavy (non-hydrogen) atoms. The van der Waals surface area contributed by atoms with E-state index in [0.717, 1.165) is 67.9 Å². The van der Waals surface area contributed by atoms with Gasteiger partial charge in [-0.25, -0.2) is 0 Å². The summed E-state index contributed by atoms with van der Waals surface area (Å²) in [5, 5.41) is 35.5. The fraction of sp³-hybridized carbons (Fsp3) is 0.535. The van der Waals surface area contributed by atoms with Gasteiger partial charge in [0.15, 0.2) is 0 Å². The summed E-state index contributed by atoms with van der Waals surface area (Å²) in [6.07, 6.45) is 12.1. The van der Waals surface area contributed by atoms with Gasteiger partial charge in [-0.1, -0.05) is 30.1 Å². The number of aliphatic hydroxyl groups excluding tert-OH is 2. The van der Waals surface area contributed by atoms with Gasteiger partial charge >= 0.3 is 0 Å². The number of aliphatic hydroxyl groups is 2. The Morgan fingerprint density at radius 2 is 1.88 bits per heavy atom. The van der Waals surface area contributed by atoms with E-state index in [1.165, 1.54) is 18.2 Å². The average molecular weight is 773 g/mol. The van der Waals surface area contributed by atoms with Gasteiger partial charge in [0.1, 0.15) is 30.8 Å². The minimum absolute atomic E-state index is 0.0314. The summed E-state index contributed by atoms with van der Waals surface area (Å²) in [6, 6.07) is 11.3. The topological polar surface area (TPSA) is 156 Å². The van der Waals surface area contributed by atoms with E-state index in [9.17, 15) is 25.1 Å². The number of fused-ring (bicyclic) bond motifs is 2. The molecule has 6 unspecified atom stereocenters. The molecule has 13 nitrogen and oxygen atoms in total. The third-order valence-corrected chi connectivity index (χ3v) is 11.5. The lowest BCUT2D eigenvalue weighted by atomic mass is 9.55. The minimum Gasteiger partial charge on any atom is -0.492 e. The molecule has 2 aromatic carbocycles. The van der Waals surface area contributed by atoms with Crippen LogP contribution in [0.1, 0.15) is 68.9 Å². The smallest absolute Gasteiger partial charge is 0.269 e. The van der Waals surface area contributed by atoms with Crippen LogP contribution in [0.5, 0.6) is 11.5 Å². The second-order valence-electron chi connectivity index (χ2n) is 15.0. The van der Waals surface area contributed by atoms with Crippen molar-refractivity contribution in [2.24, 2.45) is 22.9 Å². The van der Waals surface area contributed by atoms with Gasteiger partial charge in [-0.2, -0.15) is 0 Å². The fourth-order valence-corrected chi connectivity index (χ4v) is 8.69. The molecule has 0 radical (unpaired) electrons. The molecule has 2 N–H and O–H groups in total. The van der Waals surface area contributed by atoms with Gasteiger partial charge in [-0.05, 0) is 92.0 Å². The highest BCUT2D eigenvalue weighted by Crippen LogP contribution is 2.61. The van der Waals surface area contributed by atoms with Crippen LogP contribution in [0.15, 0.2) is 78.0 Å². The van der Waals surface area contributed by atoms with Gasteiger partial charge in [0.05, 0.1) is 23.2 Å². The molecule has 0 spiro atoms. The second-order valence-corrected chi connectivity index (χ2v) is 15.0. The minimum atomic E-state index is -1.36. The summed E-state index contributed by atoms with van der Waals surface area (Å²) in [7, 11) is 1.74. The number of benzene rings is 2. The molecule has 2 aliphatic carbocycles. The number of oxime groups is 1. The number of carbonyl (C=O) groups excluding carboxylic acids is 1. The lowest BCUT2D eigenvalue weighted by Gasteiger charge is -2.59. The van der Waals surface area contributed by atoms with E-state index in [1.807, 2.05) is 19.1 Å². The maximum absolute atomic E-state index is 14.2. The van der Waals surface area contributed by atoms with Crippen molar-refractivity contribution in [1.29, 1.82) is 0 Å². The Morgan fingerprint density at radius 1 is 1.12 bits per heavy atom. The Balaban J connectivity index is 1.47. The number of amides is 1. The van der Waals surface area contributed by atoms with Crippen LogP contribution in [-0.2, 0) is 14.4 Å². The van der Waals surface area contributed by atoms with E-state index in [1.54, 1.807) is 36.2 Å². The number of ether oxygens (including phenoxy) is 3. The summed E-state index contributed by atoms with van der Waals surface area (Å²) in [5.41, 5.74) is 3.31. The maximum Gasteiger partial charge on any atom is 0.269 e. The standard InChI is InChI=1S/C43H56N4O9/c1-4-25-54-43-39(45(3)40(50)19-14-30-12-15-32(16-13-30)47(51)52)29-37(44-55-5-2)35-27-31(10-6-8-23-48)34(11-7-9-24-49)41(42(35)43)36-28-33(17-18-38(36)56-43)53-26-22-46-20-21-46/h4,12-19,27-28,31,34,39,41-42,48-49H,1,5-11,20-26,29H2,2-3H3. The molecule has 2 heterocycles. The third kappa shape index (κ3) is 9.18. The molecule has 6 rings (SSSR count). The molecule has 1 saturated heterocycles. The quantitative estimate of drug-likeness (QED) is 0.0379. The van der Waals surface area contributed by atoms with Crippen molar-refractivity contribution in [2.45, 2.75) is 69.6 Å². The molecule has 13 heteroatoms. The lowest BCUT2D eigenvalue weighted by molar-refractivity contribution is -0.384. The Kier molecular flexibility index (Phi) is 14.0. The number of non-ortho nitro benzene ring substituents is 1. The van der Waals surface area contributed by atoms with Crippen molar-refractivity contribution >= 4 is 23.4 Å². The van der Waals surface area contributed by atoms with Crippen molar-refractivity contribution in [1.82, 2.24) is 9.80 Å². The molecular weight excluding hydrogens is 716 g/mol. The first-order valence-corrected chi connectivity index (χ1v) is 20.0. The van der Waals surface area contributed by atoms with Crippen LogP contribution in [0.3, 0.4) is 0 Å². The van der Waals surface area contributed by atoms with E-state index < -0.39 is 22.7 Å². The number of allylic oxidation sites excluding steroid dienone is 1. The van der Waals surface area contributed by atoms with Gasteiger partial charge in [0.2, 0.25) is 11.7 Å². The fourth-order valence-electron chi connectivity index (χ4n) is 8.69. The number of unbranched alkanes of at least 4 members (excludes halogenated alkanes) is 2. The van der Waals surface area contributed by atoms with Gasteiger partial charge in [0.25, 0.3) is 5.69 Å². The van der Waals surface area contributed by atoms with Gasteiger partial charge in [0, 0.05) is 76.0 Å². The number of rotatable bonds is 21. The van der Waals surface area contributed by atoms with Crippen molar-refractivity contribution in [3.63, 3.8) is 0 Å². The molecule has 0 aromatic heterocycles. The van der Waals surface area contributed by atoms with Crippen LogP contribution in [0.2, 0.25) is 0 Å². The number of nitro groups is 1. The van der Waals surface area contributed by atoms with E-state index in [-0.39, 0.29) is 55.6 Å². The van der Waals surface area contributed by atoms with Gasteiger partial charge in [-0.3, -0.25) is 19.8 Å². The average Bonchev–Trinajstić information content (AvgIpc) is 4.04. The Labute approximate surface area is 329 Å². The van der Waals surface area contributed by atoms with Crippen LogP contribution in [0, 0.1) is 27.9 Å². The number of hydrogen-bond acceptors (Lipinski definition) is 11. The van der Waals surface area contributed by atoms with Gasteiger partial charge < -0.3 is 34.2 Å². The van der Waals surface area contributed by atoms with E-state index in [0.29, 0.717) is 37.4 Å². The molecule has 0 bridgehead atoms. The first kappa shape index (κ1) is 41.1. The monoisotopic (exact) mass is 772 g/mol. The van der Waals surface area contributed by atoms with E-state index in [2.05, 4.69) is 23.6 Å². The van der Waals surface area contributed by atoms with Crippen molar-refractivity contribution in [3.8, 4) is 11.5 Å². The zero-order valence-electron chi connectivity index (χ0n) is 32.6. The van der Waals surface area contributed by atoms with Crippen molar-refractivity contribution < 1.29 is 39.0 Å². The largest absolute Gasteiger partial charge is 0.492 e. The van der Waals surface area contributed by atoms with Crippen molar-refractivity contribution in [3.05, 3.63) is 94.1 Å². The van der Waals surface area contributed by atoms with Crippen LogP contribution in [-0.4, -0.2) is 108 Å². The third-order valence-electron chi connectivity index (χ3n) is 11.5. The van der Waals surface area contributed by atoms with E-state index in [4.69, 9.17) is 24.2 Å². The zero-order valence-corrected chi connectivity index (χ0v) is 32.6. The first-order chi connectivity index (χ1) is 27.2. The Bertz CT molecular complexity index is 1770. The predicted molar refractivity (Wildman–Crippen MR) is 213 cm³/mol. The first-order valence-electron chi connectivity index (χ1n) is 20.0. The molecule has 1 saturated carbocycles. The predicted octanol–water partition coefficient (Wildman–Crippen LogP) is 6.11. The SMILES string of the molecule is C=CCOC12Oc3ccc(OCCN4CC4)cc3C3C(CCCCO)C(CCCCO)C=C(C(=NOCC)CC1N(C)C(=O)C=Cc1ccc([N+](=O)[O-])cc1)C32. The number of nitro benzene ring substituents is 1. The number of hydrogen-bond donors (Lipinski definition) is 2. The highest BCUT2D eigenvalue weighted by Gasteiger charge is 2.65. The summed E-state index contributed by atoms with van der Waals surface area (Å²) >= 11 is 0.